The summed E-state index contributed by atoms with van der Waals surface area (Å²) >= 11 is 0. The maximum atomic E-state index is 12.8. The van der Waals surface area contributed by atoms with Crippen LogP contribution >= 0.6 is 0 Å². The molecule has 2 aromatic carbocycles. The summed E-state index contributed by atoms with van der Waals surface area (Å²) < 4.78 is 37.2. The fourth-order valence-electron chi connectivity index (χ4n) is 3.90. The molecule has 1 aromatic heterocycles. The van der Waals surface area contributed by atoms with E-state index in [2.05, 4.69) is 16.7 Å². The van der Waals surface area contributed by atoms with E-state index in [0.29, 0.717) is 25.1 Å². The number of rotatable bonds is 7. The van der Waals surface area contributed by atoms with Gasteiger partial charge in [0, 0.05) is 19.6 Å². The van der Waals surface area contributed by atoms with Crippen LogP contribution in [0.4, 0.5) is 8.78 Å². The van der Waals surface area contributed by atoms with Gasteiger partial charge in [0.1, 0.15) is 12.1 Å². The molecule has 2 heterocycles. The number of halogens is 2. The van der Waals surface area contributed by atoms with E-state index >= 15 is 0 Å². The first-order chi connectivity index (χ1) is 16.4. The SMILES string of the molecule is N#C[C@H](Cc1ccc(-c2ccc3oc(=O)n(CC(F)F)c3c2)cc1)NC(=O)C1CNCCCO1. The van der Waals surface area contributed by atoms with Gasteiger partial charge in [-0.15, -0.1) is 0 Å². The largest absolute Gasteiger partial charge is 0.420 e. The van der Waals surface area contributed by atoms with Gasteiger partial charge in [-0.2, -0.15) is 5.26 Å². The van der Waals surface area contributed by atoms with Crippen LogP contribution in [0.5, 0.6) is 0 Å². The van der Waals surface area contributed by atoms with Gasteiger partial charge in [-0.3, -0.25) is 9.36 Å². The van der Waals surface area contributed by atoms with Crippen molar-refractivity contribution < 1.29 is 22.7 Å². The van der Waals surface area contributed by atoms with Crippen LogP contribution in [0.1, 0.15) is 12.0 Å². The van der Waals surface area contributed by atoms with Gasteiger partial charge in [0.2, 0.25) is 0 Å². The molecule has 10 heteroatoms. The zero-order chi connectivity index (χ0) is 24.1. The summed E-state index contributed by atoms with van der Waals surface area (Å²) in [7, 11) is 0. The lowest BCUT2D eigenvalue weighted by Gasteiger charge is -2.18. The molecule has 2 N–H and O–H groups in total. The van der Waals surface area contributed by atoms with Crippen molar-refractivity contribution >= 4 is 17.0 Å². The molecule has 1 saturated heterocycles. The molecule has 1 aliphatic heterocycles. The lowest BCUT2D eigenvalue weighted by Crippen LogP contribution is -2.46. The van der Waals surface area contributed by atoms with Crippen LogP contribution in [0.15, 0.2) is 51.7 Å². The molecule has 1 aliphatic rings. The maximum absolute atomic E-state index is 12.8. The van der Waals surface area contributed by atoms with E-state index in [0.717, 1.165) is 34.2 Å². The quantitative estimate of drug-likeness (QED) is 0.549. The van der Waals surface area contributed by atoms with E-state index < -0.39 is 30.9 Å². The molecule has 2 atom stereocenters. The summed E-state index contributed by atoms with van der Waals surface area (Å²) in [6.45, 7) is 0.949. The Labute approximate surface area is 194 Å². The second kappa shape index (κ2) is 10.6. The molecule has 0 spiro atoms. The van der Waals surface area contributed by atoms with Crippen LogP contribution in [0.3, 0.4) is 0 Å². The second-order valence-electron chi connectivity index (χ2n) is 8.06. The summed E-state index contributed by atoms with van der Waals surface area (Å²) in [5.74, 6) is -1.14. The Balaban J connectivity index is 1.46. The third kappa shape index (κ3) is 5.50. The van der Waals surface area contributed by atoms with Gasteiger partial charge in [-0.1, -0.05) is 30.3 Å². The number of oxazole rings is 1. The number of amides is 1. The number of carbonyl (C=O) groups excluding carboxylic acids is 1. The van der Waals surface area contributed by atoms with Gasteiger partial charge >= 0.3 is 5.76 Å². The minimum Gasteiger partial charge on any atom is -0.408 e. The highest BCUT2D eigenvalue weighted by Crippen LogP contribution is 2.25. The molecule has 178 valence electrons. The summed E-state index contributed by atoms with van der Waals surface area (Å²) in [4.78, 5) is 24.3. The molecule has 8 nitrogen and oxygen atoms in total. The standard InChI is InChI=1S/C24H24F2N4O4/c25-22(26)14-30-19-11-17(6-7-20(19)34-24(30)32)16-4-2-15(3-5-16)10-18(12-27)29-23(31)21-13-28-8-1-9-33-21/h2-7,11,18,21-22,28H,1,8-10,13-14H2,(H,29,31)/t18-,21?/m0/s1. The minimum absolute atomic E-state index is 0.242. The number of fused-ring (bicyclic) bond motifs is 1. The maximum Gasteiger partial charge on any atom is 0.420 e. The van der Waals surface area contributed by atoms with Crippen molar-refractivity contribution in [2.24, 2.45) is 0 Å². The lowest BCUT2D eigenvalue weighted by molar-refractivity contribution is -0.132. The topological polar surface area (TPSA) is 109 Å². The number of hydrogen-bond donors (Lipinski definition) is 2. The number of benzene rings is 2. The zero-order valence-corrected chi connectivity index (χ0v) is 18.3. The number of nitriles is 1. The van der Waals surface area contributed by atoms with Crippen molar-refractivity contribution in [1.29, 1.82) is 5.26 Å². The fourth-order valence-corrected chi connectivity index (χ4v) is 3.90. The normalized spacial score (nSPS) is 17.3. The van der Waals surface area contributed by atoms with Crippen LogP contribution in [-0.2, 0) is 22.5 Å². The Kier molecular flexibility index (Phi) is 7.35. The van der Waals surface area contributed by atoms with E-state index in [4.69, 9.17) is 9.15 Å². The first-order valence-corrected chi connectivity index (χ1v) is 11.0. The van der Waals surface area contributed by atoms with Crippen LogP contribution < -0.4 is 16.4 Å². The third-order valence-electron chi connectivity index (χ3n) is 5.63. The predicted octanol–water partition coefficient (Wildman–Crippen LogP) is 2.46. The van der Waals surface area contributed by atoms with Crippen LogP contribution in [0, 0.1) is 11.3 Å². The number of aromatic nitrogens is 1. The third-order valence-corrected chi connectivity index (χ3v) is 5.63. The molecule has 34 heavy (non-hydrogen) atoms. The molecule has 0 bridgehead atoms. The molecule has 3 aromatic rings. The lowest BCUT2D eigenvalue weighted by atomic mass is 10.0. The molecule has 1 fully saturated rings. The van der Waals surface area contributed by atoms with Crippen molar-refractivity contribution in [1.82, 2.24) is 15.2 Å². The van der Waals surface area contributed by atoms with Crippen LogP contribution in [0.25, 0.3) is 22.2 Å². The highest BCUT2D eigenvalue weighted by atomic mass is 19.3. The van der Waals surface area contributed by atoms with Gasteiger partial charge in [0.05, 0.1) is 18.1 Å². The molecule has 1 amide bonds. The van der Waals surface area contributed by atoms with Crippen molar-refractivity contribution in [3.05, 3.63) is 58.6 Å². The zero-order valence-electron chi connectivity index (χ0n) is 18.3. The van der Waals surface area contributed by atoms with E-state index in [9.17, 15) is 23.6 Å². The van der Waals surface area contributed by atoms with Crippen LogP contribution in [-0.4, -0.2) is 48.7 Å². The molecule has 0 saturated carbocycles. The van der Waals surface area contributed by atoms with Crippen molar-refractivity contribution in [2.45, 2.75) is 38.0 Å². The number of alkyl halides is 2. The van der Waals surface area contributed by atoms with Crippen molar-refractivity contribution in [3.63, 3.8) is 0 Å². The average molecular weight is 470 g/mol. The number of hydrogen-bond acceptors (Lipinski definition) is 6. The highest BCUT2D eigenvalue weighted by molar-refractivity contribution is 5.82. The Bertz CT molecular complexity index is 1240. The van der Waals surface area contributed by atoms with Crippen molar-refractivity contribution in [2.75, 3.05) is 19.7 Å². The molecule has 0 radical (unpaired) electrons. The number of carbonyl (C=O) groups is 1. The monoisotopic (exact) mass is 470 g/mol. The fraction of sp³-hybridized carbons (Fsp3) is 0.375. The average Bonchev–Trinajstić information content (AvgIpc) is 2.99. The summed E-state index contributed by atoms with van der Waals surface area (Å²) in [5.41, 5.74) is 2.92. The van der Waals surface area contributed by atoms with Crippen LogP contribution in [0.2, 0.25) is 0 Å². The first-order valence-electron chi connectivity index (χ1n) is 11.0. The number of nitrogens with zero attached hydrogens (tertiary/aromatic N) is 2. The summed E-state index contributed by atoms with van der Waals surface area (Å²) in [5, 5.41) is 15.4. The minimum atomic E-state index is -2.68. The molecule has 4 rings (SSSR count). The highest BCUT2D eigenvalue weighted by Gasteiger charge is 2.23. The summed E-state index contributed by atoms with van der Waals surface area (Å²) in [6, 6.07) is 13.7. The number of nitrogens with one attached hydrogen (secondary N) is 2. The Morgan fingerprint density at radius 1 is 1.24 bits per heavy atom. The van der Waals surface area contributed by atoms with Crippen molar-refractivity contribution in [3.8, 4) is 17.2 Å². The van der Waals surface area contributed by atoms with E-state index in [1.54, 1.807) is 18.2 Å². The van der Waals surface area contributed by atoms with Gasteiger partial charge in [0.25, 0.3) is 12.3 Å². The molecular formula is C24H24F2N4O4. The molecule has 1 unspecified atom stereocenters. The van der Waals surface area contributed by atoms with E-state index in [1.165, 1.54) is 0 Å². The number of ether oxygens (including phenoxy) is 1. The summed E-state index contributed by atoms with van der Waals surface area (Å²) in [6.07, 6.45) is -2.16. The first kappa shape index (κ1) is 23.6. The van der Waals surface area contributed by atoms with Gasteiger partial charge < -0.3 is 19.8 Å². The molecule has 0 aliphatic carbocycles. The molecular weight excluding hydrogens is 446 g/mol. The van der Waals surface area contributed by atoms with E-state index in [-0.39, 0.29) is 11.5 Å². The van der Waals surface area contributed by atoms with Gasteiger partial charge in [-0.05, 0) is 41.8 Å². The predicted molar refractivity (Wildman–Crippen MR) is 120 cm³/mol. The Morgan fingerprint density at radius 2 is 2.00 bits per heavy atom. The Hall–Kier alpha value is -3.55. The van der Waals surface area contributed by atoms with Gasteiger partial charge in [-0.25, -0.2) is 13.6 Å². The second-order valence-corrected chi connectivity index (χ2v) is 8.06. The Morgan fingerprint density at radius 3 is 2.74 bits per heavy atom. The van der Waals surface area contributed by atoms with E-state index in [1.807, 2.05) is 24.3 Å². The smallest absolute Gasteiger partial charge is 0.408 e. The van der Waals surface area contributed by atoms with Gasteiger partial charge in [0.15, 0.2) is 5.58 Å².